The van der Waals surface area contributed by atoms with Gasteiger partial charge in [-0.25, -0.2) is 0 Å². The lowest BCUT2D eigenvalue weighted by atomic mass is 10.2. The maximum Gasteiger partial charge on any atom is 0.268 e. The highest BCUT2D eigenvalue weighted by Crippen LogP contribution is 2.33. The average molecular weight is 343 g/mol. The van der Waals surface area contributed by atoms with E-state index in [2.05, 4.69) is 5.32 Å². The fourth-order valence-electron chi connectivity index (χ4n) is 3.49. The number of nitrogens with zero attached hydrogens (tertiary/aromatic N) is 2. The number of amides is 3. The number of carbonyl (C=O) groups excluding carboxylic acids is 3. The Labute approximate surface area is 145 Å². The molecule has 0 spiro atoms. The number of carbonyl (C=O) groups is 3. The molecule has 3 amide bonds. The van der Waals surface area contributed by atoms with Crippen LogP contribution in [-0.4, -0.2) is 53.9 Å². The van der Waals surface area contributed by atoms with Crippen LogP contribution >= 0.6 is 0 Å². The highest BCUT2D eigenvalue weighted by molar-refractivity contribution is 6.04. The van der Waals surface area contributed by atoms with Crippen molar-refractivity contribution in [1.82, 2.24) is 10.2 Å². The SMILES string of the molecule is C[C@H]1Oc2ccccc2N(CC(=O)N[C@@H]2CCN(C3CC3)C2=O)C1=O. The van der Waals surface area contributed by atoms with Crippen LogP contribution in [-0.2, 0) is 14.4 Å². The molecule has 3 aliphatic rings. The lowest BCUT2D eigenvalue weighted by molar-refractivity contribution is -0.133. The molecule has 7 heteroatoms. The quantitative estimate of drug-likeness (QED) is 0.872. The van der Waals surface area contributed by atoms with Gasteiger partial charge in [0.2, 0.25) is 11.8 Å². The number of likely N-dealkylation sites (tertiary alicyclic amines) is 1. The molecule has 0 radical (unpaired) electrons. The van der Waals surface area contributed by atoms with Crippen LogP contribution in [0.15, 0.2) is 24.3 Å². The van der Waals surface area contributed by atoms with E-state index in [1.165, 1.54) is 4.90 Å². The summed E-state index contributed by atoms with van der Waals surface area (Å²) in [6.07, 6.45) is 2.11. The van der Waals surface area contributed by atoms with E-state index in [1.807, 2.05) is 11.0 Å². The van der Waals surface area contributed by atoms with Crippen molar-refractivity contribution in [2.24, 2.45) is 0 Å². The third kappa shape index (κ3) is 2.94. The zero-order valence-electron chi connectivity index (χ0n) is 14.1. The standard InChI is InChI=1S/C18H21N3O4/c1-11-17(23)21(14-4-2-3-5-15(14)25-11)10-16(22)19-13-8-9-20(18(13)24)12-6-7-12/h2-5,11-13H,6-10H2,1H3,(H,19,22)/t11-,13-/m1/s1. The molecule has 1 saturated heterocycles. The number of hydrogen-bond donors (Lipinski definition) is 1. The molecule has 7 nitrogen and oxygen atoms in total. The Morgan fingerprint density at radius 1 is 1.20 bits per heavy atom. The summed E-state index contributed by atoms with van der Waals surface area (Å²) in [5.41, 5.74) is 0.582. The van der Waals surface area contributed by atoms with E-state index in [-0.39, 0.29) is 24.3 Å². The first kappa shape index (κ1) is 15.9. The summed E-state index contributed by atoms with van der Waals surface area (Å²) in [6.45, 7) is 2.25. The molecular formula is C18H21N3O4. The summed E-state index contributed by atoms with van der Waals surface area (Å²) < 4.78 is 5.57. The van der Waals surface area contributed by atoms with Gasteiger partial charge in [0, 0.05) is 12.6 Å². The van der Waals surface area contributed by atoms with E-state index in [0.717, 1.165) is 12.8 Å². The molecule has 1 aromatic rings. The highest BCUT2D eigenvalue weighted by Gasteiger charge is 2.41. The van der Waals surface area contributed by atoms with Crippen LogP contribution in [0.1, 0.15) is 26.2 Å². The predicted molar refractivity (Wildman–Crippen MR) is 90.2 cm³/mol. The summed E-state index contributed by atoms with van der Waals surface area (Å²) in [5, 5.41) is 2.79. The Morgan fingerprint density at radius 3 is 2.72 bits per heavy atom. The van der Waals surface area contributed by atoms with Gasteiger partial charge in [-0.3, -0.25) is 19.3 Å². The maximum atomic E-state index is 12.5. The van der Waals surface area contributed by atoms with Crippen molar-refractivity contribution in [3.8, 4) is 5.75 Å². The molecule has 0 aromatic heterocycles. The number of anilines is 1. The smallest absolute Gasteiger partial charge is 0.268 e. The van der Waals surface area contributed by atoms with E-state index in [4.69, 9.17) is 4.74 Å². The molecule has 132 valence electrons. The zero-order chi connectivity index (χ0) is 17.6. The van der Waals surface area contributed by atoms with Gasteiger partial charge in [-0.15, -0.1) is 0 Å². The number of nitrogens with one attached hydrogen (secondary N) is 1. The van der Waals surface area contributed by atoms with Crippen LogP contribution in [0.3, 0.4) is 0 Å². The first-order valence-electron chi connectivity index (χ1n) is 8.71. The van der Waals surface area contributed by atoms with Gasteiger partial charge >= 0.3 is 0 Å². The number of ether oxygens (including phenoxy) is 1. The Bertz CT molecular complexity index is 731. The summed E-state index contributed by atoms with van der Waals surface area (Å²) in [6, 6.07) is 7.03. The third-order valence-corrected chi connectivity index (χ3v) is 4.94. The molecule has 1 aromatic carbocycles. The summed E-state index contributed by atoms with van der Waals surface area (Å²) in [4.78, 5) is 40.5. The number of para-hydroxylation sites is 2. The number of hydrogen-bond acceptors (Lipinski definition) is 4. The second-order valence-corrected chi connectivity index (χ2v) is 6.82. The molecule has 2 fully saturated rings. The van der Waals surface area contributed by atoms with E-state index < -0.39 is 12.1 Å². The number of rotatable bonds is 4. The Hall–Kier alpha value is -2.57. The van der Waals surface area contributed by atoms with E-state index >= 15 is 0 Å². The van der Waals surface area contributed by atoms with Crippen LogP contribution in [0.4, 0.5) is 5.69 Å². The van der Waals surface area contributed by atoms with Crippen molar-refractivity contribution < 1.29 is 19.1 Å². The van der Waals surface area contributed by atoms with Crippen molar-refractivity contribution in [3.05, 3.63) is 24.3 Å². The Kier molecular flexibility index (Phi) is 3.86. The van der Waals surface area contributed by atoms with Crippen molar-refractivity contribution in [1.29, 1.82) is 0 Å². The van der Waals surface area contributed by atoms with Crippen LogP contribution in [0.2, 0.25) is 0 Å². The molecular weight excluding hydrogens is 322 g/mol. The molecule has 2 aliphatic heterocycles. The minimum Gasteiger partial charge on any atom is -0.479 e. The normalized spacial score (nSPS) is 25.6. The first-order chi connectivity index (χ1) is 12.0. The largest absolute Gasteiger partial charge is 0.479 e. The summed E-state index contributed by atoms with van der Waals surface area (Å²) >= 11 is 0. The van der Waals surface area contributed by atoms with Gasteiger partial charge in [-0.05, 0) is 38.3 Å². The van der Waals surface area contributed by atoms with Gasteiger partial charge < -0.3 is 15.0 Å². The third-order valence-electron chi connectivity index (χ3n) is 4.94. The van der Waals surface area contributed by atoms with E-state index in [0.29, 0.717) is 30.4 Å². The molecule has 1 aliphatic carbocycles. The predicted octanol–water partition coefficient (Wildman–Crippen LogP) is 0.680. The van der Waals surface area contributed by atoms with Gasteiger partial charge in [0.15, 0.2) is 6.10 Å². The molecule has 25 heavy (non-hydrogen) atoms. The van der Waals surface area contributed by atoms with Gasteiger partial charge in [0.1, 0.15) is 18.3 Å². The van der Waals surface area contributed by atoms with E-state index in [9.17, 15) is 14.4 Å². The van der Waals surface area contributed by atoms with Crippen molar-refractivity contribution >= 4 is 23.4 Å². The van der Waals surface area contributed by atoms with Gasteiger partial charge in [0.05, 0.1) is 5.69 Å². The van der Waals surface area contributed by atoms with Crippen molar-refractivity contribution in [3.63, 3.8) is 0 Å². The topological polar surface area (TPSA) is 79.0 Å². The Morgan fingerprint density at radius 2 is 1.96 bits per heavy atom. The van der Waals surface area contributed by atoms with Crippen LogP contribution in [0, 0.1) is 0 Å². The average Bonchev–Trinajstić information content (AvgIpc) is 3.37. The van der Waals surface area contributed by atoms with Crippen molar-refractivity contribution in [2.45, 2.75) is 44.4 Å². The van der Waals surface area contributed by atoms with E-state index in [1.54, 1.807) is 25.1 Å². The van der Waals surface area contributed by atoms with Gasteiger partial charge in [0.25, 0.3) is 5.91 Å². The molecule has 0 bridgehead atoms. The lowest BCUT2D eigenvalue weighted by Crippen LogP contribution is -2.51. The van der Waals surface area contributed by atoms with Crippen LogP contribution in [0.5, 0.6) is 5.75 Å². The fourth-order valence-corrected chi connectivity index (χ4v) is 3.49. The zero-order valence-corrected chi connectivity index (χ0v) is 14.1. The lowest BCUT2D eigenvalue weighted by Gasteiger charge is -2.32. The summed E-state index contributed by atoms with van der Waals surface area (Å²) in [5.74, 6) is -0.00312. The van der Waals surface area contributed by atoms with Crippen molar-refractivity contribution in [2.75, 3.05) is 18.0 Å². The molecule has 2 atom stereocenters. The molecule has 0 unspecified atom stereocenters. The summed E-state index contributed by atoms with van der Waals surface area (Å²) in [7, 11) is 0. The van der Waals surface area contributed by atoms with Crippen LogP contribution in [0.25, 0.3) is 0 Å². The molecule has 1 saturated carbocycles. The van der Waals surface area contributed by atoms with Crippen LogP contribution < -0.4 is 15.0 Å². The molecule has 1 N–H and O–H groups in total. The highest BCUT2D eigenvalue weighted by atomic mass is 16.5. The molecule has 2 heterocycles. The Balaban J connectivity index is 1.44. The van der Waals surface area contributed by atoms with Gasteiger partial charge in [-0.1, -0.05) is 12.1 Å². The number of fused-ring (bicyclic) bond motifs is 1. The fraction of sp³-hybridized carbons (Fsp3) is 0.500. The van der Waals surface area contributed by atoms with Gasteiger partial charge in [-0.2, -0.15) is 0 Å². The second kappa shape index (κ2) is 6.06. The first-order valence-corrected chi connectivity index (χ1v) is 8.71. The second-order valence-electron chi connectivity index (χ2n) is 6.82. The minimum absolute atomic E-state index is 0.00192. The molecule has 4 rings (SSSR count). The maximum absolute atomic E-state index is 12.5. The monoisotopic (exact) mass is 343 g/mol. The minimum atomic E-state index is -0.638. The number of benzene rings is 1.